The first-order valence-corrected chi connectivity index (χ1v) is 5.79. The van der Waals surface area contributed by atoms with E-state index in [2.05, 4.69) is 5.32 Å². The number of nitrogens with zero attached hydrogens (tertiary/aromatic N) is 1. The smallest absolute Gasteiger partial charge is 0.250 e. The summed E-state index contributed by atoms with van der Waals surface area (Å²) in [6, 6.07) is 12.7. The van der Waals surface area contributed by atoms with Crippen molar-refractivity contribution in [3.8, 4) is 0 Å². The first-order chi connectivity index (χ1) is 8.27. The van der Waals surface area contributed by atoms with Gasteiger partial charge in [-0.2, -0.15) is 0 Å². The number of rotatable bonds is 4. The van der Waals surface area contributed by atoms with Crippen LogP contribution in [0.2, 0.25) is 5.02 Å². The zero-order valence-corrected chi connectivity index (χ0v) is 10.0. The lowest BCUT2D eigenvalue weighted by atomic mass is 10.3. The molecule has 0 saturated carbocycles. The highest BCUT2D eigenvalue weighted by Gasteiger charge is 1.98. The number of hydrogen-bond donors (Lipinski definition) is 1. The van der Waals surface area contributed by atoms with Crippen LogP contribution in [-0.2, 0) is 6.54 Å². The van der Waals surface area contributed by atoms with E-state index in [-0.39, 0.29) is 5.56 Å². The second-order valence-corrected chi connectivity index (χ2v) is 4.05. The van der Waals surface area contributed by atoms with Gasteiger partial charge in [-0.05, 0) is 18.2 Å². The molecule has 1 aromatic carbocycles. The van der Waals surface area contributed by atoms with Crippen molar-refractivity contribution >= 4 is 17.3 Å². The van der Waals surface area contributed by atoms with E-state index < -0.39 is 0 Å². The molecular weight excluding hydrogens is 236 g/mol. The third kappa shape index (κ3) is 3.11. The molecule has 0 aliphatic carbocycles. The summed E-state index contributed by atoms with van der Waals surface area (Å²) in [5.41, 5.74) is 0.895. The molecule has 17 heavy (non-hydrogen) atoms. The van der Waals surface area contributed by atoms with Crippen LogP contribution in [0.15, 0.2) is 53.5 Å². The second-order valence-electron chi connectivity index (χ2n) is 3.64. The van der Waals surface area contributed by atoms with Crippen LogP contribution in [0.25, 0.3) is 0 Å². The van der Waals surface area contributed by atoms with Gasteiger partial charge in [-0.25, -0.2) is 0 Å². The molecule has 0 unspecified atom stereocenters. The fraction of sp³-hybridized carbons (Fsp3) is 0.154. The topological polar surface area (TPSA) is 34.0 Å². The van der Waals surface area contributed by atoms with Gasteiger partial charge in [0.05, 0.1) is 10.7 Å². The summed E-state index contributed by atoms with van der Waals surface area (Å²) < 4.78 is 1.66. The highest BCUT2D eigenvalue weighted by Crippen LogP contribution is 2.19. The van der Waals surface area contributed by atoms with E-state index in [1.165, 1.54) is 0 Å². The lowest BCUT2D eigenvalue weighted by Crippen LogP contribution is -2.22. The number of pyridine rings is 1. The third-order valence-electron chi connectivity index (χ3n) is 2.44. The lowest BCUT2D eigenvalue weighted by molar-refractivity contribution is 0.697. The maximum Gasteiger partial charge on any atom is 0.250 e. The minimum absolute atomic E-state index is 0.00783. The normalized spacial score (nSPS) is 10.2. The Morgan fingerprint density at radius 3 is 2.65 bits per heavy atom. The van der Waals surface area contributed by atoms with Gasteiger partial charge in [0.15, 0.2) is 0 Å². The summed E-state index contributed by atoms with van der Waals surface area (Å²) in [5.74, 6) is 0. The van der Waals surface area contributed by atoms with Crippen molar-refractivity contribution < 1.29 is 0 Å². The van der Waals surface area contributed by atoms with Gasteiger partial charge in [0.25, 0.3) is 5.56 Å². The standard InChI is InChI=1S/C13H13ClN2O/c14-11-5-1-2-6-12(11)15-8-10-16-9-4-3-7-13(16)17/h1-7,9,15H,8,10H2. The fourth-order valence-corrected chi connectivity index (χ4v) is 1.76. The average Bonchev–Trinajstić information content (AvgIpc) is 2.34. The molecule has 0 spiro atoms. The number of nitrogens with one attached hydrogen (secondary N) is 1. The van der Waals surface area contributed by atoms with Gasteiger partial charge < -0.3 is 9.88 Å². The number of para-hydroxylation sites is 1. The quantitative estimate of drug-likeness (QED) is 0.903. The molecule has 1 heterocycles. The molecule has 0 atom stereocenters. The van der Waals surface area contributed by atoms with E-state index >= 15 is 0 Å². The molecule has 0 radical (unpaired) electrons. The SMILES string of the molecule is O=c1ccccn1CCNc1ccccc1Cl. The summed E-state index contributed by atoms with van der Waals surface area (Å²) in [6.07, 6.45) is 1.77. The minimum atomic E-state index is 0.00783. The van der Waals surface area contributed by atoms with Crippen LogP contribution in [0.4, 0.5) is 5.69 Å². The zero-order valence-electron chi connectivity index (χ0n) is 9.27. The van der Waals surface area contributed by atoms with Gasteiger partial charge >= 0.3 is 0 Å². The van der Waals surface area contributed by atoms with Crippen molar-refractivity contribution in [2.24, 2.45) is 0 Å². The van der Waals surface area contributed by atoms with Crippen molar-refractivity contribution in [2.45, 2.75) is 6.54 Å². The van der Waals surface area contributed by atoms with Crippen LogP contribution in [0, 0.1) is 0 Å². The van der Waals surface area contributed by atoms with Crippen LogP contribution >= 0.6 is 11.6 Å². The monoisotopic (exact) mass is 248 g/mol. The van der Waals surface area contributed by atoms with Crippen LogP contribution in [-0.4, -0.2) is 11.1 Å². The van der Waals surface area contributed by atoms with E-state index in [0.717, 1.165) is 5.69 Å². The van der Waals surface area contributed by atoms with Crippen molar-refractivity contribution in [3.63, 3.8) is 0 Å². The van der Waals surface area contributed by atoms with Crippen molar-refractivity contribution in [1.82, 2.24) is 4.57 Å². The summed E-state index contributed by atoms with van der Waals surface area (Å²) in [6.45, 7) is 1.28. The molecule has 0 aliphatic heterocycles. The Morgan fingerprint density at radius 1 is 1.12 bits per heavy atom. The first kappa shape index (κ1) is 11.7. The maximum atomic E-state index is 11.4. The highest BCUT2D eigenvalue weighted by molar-refractivity contribution is 6.33. The molecule has 1 N–H and O–H groups in total. The summed E-state index contributed by atoms with van der Waals surface area (Å²) in [4.78, 5) is 11.4. The van der Waals surface area contributed by atoms with Gasteiger partial charge in [0, 0.05) is 25.4 Å². The molecule has 0 fully saturated rings. The molecule has 1 aromatic heterocycles. The Balaban J connectivity index is 1.95. The Hall–Kier alpha value is -1.74. The Morgan fingerprint density at radius 2 is 1.88 bits per heavy atom. The molecule has 2 rings (SSSR count). The van der Waals surface area contributed by atoms with Crippen LogP contribution in [0.3, 0.4) is 0 Å². The lowest BCUT2D eigenvalue weighted by Gasteiger charge is -2.09. The zero-order chi connectivity index (χ0) is 12.1. The molecule has 2 aromatic rings. The van der Waals surface area contributed by atoms with Crippen molar-refractivity contribution in [1.29, 1.82) is 0 Å². The van der Waals surface area contributed by atoms with Gasteiger partial charge in [-0.15, -0.1) is 0 Å². The predicted molar refractivity (Wildman–Crippen MR) is 70.6 cm³/mol. The Kier molecular flexibility index (Phi) is 3.83. The van der Waals surface area contributed by atoms with E-state index in [1.54, 1.807) is 22.9 Å². The van der Waals surface area contributed by atoms with Gasteiger partial charge in [0.2, 0.25) is 0 Å². The molecule has 3 nitrogen and oxygen atoms in total. The van der Waals surface area contributed by atoms with E-state index in [0.29, 0.717) is 18.1 Å². The number of anilines is 1. The maximum absolute atomic E-state index is 11.4. The van der Waals surface area contributed by atoms with E-state index in [4.69, 9.17) is 11.6 Å². The van der Waals surface area contributed by atoms with Crippen LogP contribution in [0.1, 0.15) is 0 Å². The van der Waals surface area contributed by atoms with E-state index in [9.17, 15) is 4.79 Å². The number of hydrogen-bond acceptors (Lipinski definition) is 2. The molecule has 0 amide bonds. The second kappa shape index (κ2) is 5.55. The summed E-state index contributed by atoms with van der Waals surface area (Å²) in [7, 11) is 0. The molecule has 4 heteroatoms. The van der Waals surface area contributed by atoms with Gasteiger partial charge in [-0.3, -0.25) is 4.79 Å². The Labute approximate surface area is 105 Å². The van der Waals surface area contributed by atoms with E-state index in [1.807, 2.05) is 30.3 Å². The van der Waals surface area contributed by atoms with Gasteiger partial charge in [-0.1, -0.05) is 29.8 Å². The minimum Gasteiger partial charge on any atom is -0.382 e. The molecule has 88 valence electrons. The van der Waals surface area contributed by atoms with Crippen LogP contribution < -0.4 is 10.9 Å². The Bertz CT molecular complexity index is 551. The fourth-order valence-electron chi connectivity index (χ4n) is 1.56. The van der Waals surface area contributed by atoms with Crippen molar-refractivity contribution in [2.75, 3.05) is 11.9 Å². The largest absolute Gasteiger partial charge is 0.382 e. The molecule has 0 bridgehead atoms. The summed E-state index contributed by atoms with van der Waals surface area (Å²) >= 11 is 6.01. The number of aromatic nitrogens is 1. The van der Waals surface area contributed by atoms with Crippen LogP contribution in [0.5, 0.6) is 0 Å². The molecule has 0 saturated heterocycles. The third-order valence-corrected chi connectivity index (χ3v) is 2.77. The molecule has 0 aliphatic rings. The molecular formula is C13H13ClN2O. The van der Waals surface area contributed by atoms with Crippen molar-refractivity contribution in [3.05, 3.63) is 64.0 Å². The van der Waals surface area contributed by atoms with Gasteiger partial charge in [0.1, 0.15) is 0 Å². The summed E-state index contributed by atoms with van der Waals surface area (Å²) in [5, 5.41) is 3.88. The number of benzene rings is 1. The number of halogens is 1. The predicted octanol–water partition coefficient (Wildman–Crippen LogP) is 2.61. The highest BCUT2D eigenvalue weighted by atomic mass is 35.5. The average molecular weight is 249 g/mol. The first-order valence-electron chi connectivity index (χ1n) is 5.41.